The maximum atomic E-state index is 10.9. The van der Waals surface area contributed by atoms with Crippen molar-refractivity contribution in [2.24, 2.45) is 0 Å². The first kappa shape index (κ1) is 14.4. The van der Waals surface area contributed by atoms with E-state index in [4.69, 9.17) is 19.1 Å². The van der Waals surface area contributed by atoms with Crippen molar-refractivity contribution in [3.63, 3.8) is 0 Å². The number of likely N-dealkylation sites (N-methyl/N-ethyl adjacent to an activating group) is 1. The molecule has 0 saturated carbocycles. The predicted octanol–water partition coefficient (Wildman–Crippen LogP) is 1.74. The number of aromatic nitrogens is 1. The van der Waals surface area contributed by atoms with Crippen LogP contribution in [-0.4, -0.2) is 54.5 Å². The van der Waals surface area contributed by atoms with Gasteiger partial charge < -0.3 is 19.1 Å². The van der Waals surface area contributed by atoms with Crippen LogP contribution in [0.5, 0.6) is 11.5 Å². The number of methoxy groups -OCH3 is 1. The van der Waals surface area contributed by atoms with Crippen LogP contribution in [-0.2, 0) is 0 Å². The van der Waals surface area contributed by atoms with Gasteiger partial charge in [0.05, 0.1) is 7.11 Å². The lowest BCUT2D eigenvalue weighted by molar-refractivity contribution is 0.0370. The molecule has 0 radical (unpaired) electrons. The molecular weight excluding hydrogens is 288 g/mol. The first-order valence-electron chi connectivity index (χ1n) is 6.80. The number of hydrogen-bond donors (Lipinski definition) is 1. The van der Waals surface area contributed by atoms with Crippen LogP contribution in [0, 0.1) is 0 Å². The molecule has 1 aromatic carbocycles. The summed E-state index contributed by atoms with van der Waals surface area (Å²) < 4.78 is 16.3. The number of rotatable bonds is 5. The summed E-state index contributed by atoms with van der Waals surface area (Å²) in [6.07, 6.45) is 0.124. The normalized spacial score (nSPS) is 15.4. The Morgan fingerprint density at radius 3 is 2.73 bits per heavy atom. The standard InChI is InChI=1S/C15H16N2O5/c1-17-7-10(8-17)21-14-5-9(3-4-12(14)20-2)13-6-11(15(18)19)16-22-13/h3-6,10H,7-8H2,1-2H3,(H,18,19). The third-order valence-electron chi connectivity index (χ3n) is 3.50. The van der Waals surface area contributed by atoms with Gasteiger partial charge in [0.25, 0.3) is 0 Å². The van der Waals surface area contributed by atoms with Crippen molar-refractivity contribution < 1.29 is 23.9 Å². The highest BCUT2D eigenvalue weighted by atomic mass is 16.5. The minimum atomic E-state index is -1.13. The lowest BCUT2D eigenvalue weighted by atomic mass is 10.1. The van der Waals surface area contributed by atoms with E-state index in [1.165, 1.54) is 6.07 Å². The molecule has 1 aromatic heterocycles. The Kier molecular flexibility index (Phi) is 3.72. The molecule has 0 unspecified atom stereocenters. The number of hydrogen-bond acceptors (Lipinski definition) is 6. The van der Waals surface area contributed by atoms with E-state index in [0.717, 1.165) is 13.1 Å². The van der Waals surface area contributed by atoms with E-state index in [-0.39, 0.29) is 11.8 Å². The third kappa shape index (κ3) is 2.75. The minimum Gasteiger partial charge on any atom is -0.493 e. The fourth-order valence-electron chi connectivity index (χ4n) is 2.33. The van der Waals surface area contributed by atoms with Crippen LogP contribution in [0.25, 0.3) is 11.3 Å². The second kappa shape index (κ2) is 5.69. The first-order chi connectivity index (χ1) is 10.6. The van der Waals surface area contributed by atoms with Crippen molar-refractivity contribution in [3.05, 3.63) is 30.0 Å². The molecule has 0 spiro atoms. The molecule has 1 saturated heterocycles. The molecule has 22 heavy (non-hydrogen) atoms. The Morgan fingerprint density at radius 2 is 2.14 bits per heavy atom. The summed E-state index contributed by atoms with van der Waals surface area (Å²) in [5.74, 6) is 0.468. The number of nitrogens with zero attached hydrogens (tertiary/aromatic N) is 2. The van der Waals surface area contributed by atoms with E-state index >= 15 is 0 Å². The van der Waals surface area contributed by atoms with Crippen LogP contribution in [0.1, 0.15) is 10.5 Å². The molecule has 7 nitrogen and oxygen atoms in total. The third-order valence-corrected chi connectivity index (χ3v) is 3.50. The Labute approximate surface area is 127 Å². The van der Waals surface area contributed by atoms with Gasteiger partial charge in [-0.3, -0.25) is 4.90 Å². The van der Waals surface area contributed by atoms with Gasteiger partial charge in [-0.2, -0.15) is 0 Å². The van der Waals surface area contributed by atoms with Crippen molar-refractivity contribution in [2.75, 3.05) is 27.2 Å². The highest BCUT2D eigenvalue weighted by molar-refractivity contribution is 5.86. The molecule has 0 aliphatic carbocycles. The number of carbonyl (C=O) groups is 1. The number of benzene rings is 1. The average molecular weight is 304 g/mol. The Morgan fingerprint density at radius 1 is 1.36 bits per heavy atom. The lowest BCUT2D eigenvalue weighted by Gasteiger charge is -2.36. The zero-order valence-electron chi connectivity index (χ0n) is 12.3. The van der Waals surface area contributed by atoms with Gasteiger partial charge in [-0.05, 0) is 25.2 Å². The molecule has 1 fully saturated rings. The predicted molar refractivity (Wildman–Crippen MR) is 77.4 cm³/mol. The lowest BCUT2D eigenvalue weighted by Crippen LogP contribution is -2.51. The zero-order valence-corrected chi connectivity index (χ0v) is 12.3. The van der Waals surface area contributed by atoms with Gasteiger partial charge >= 0.3 is 5.97 Å². The summed E-state index contributed by atoms with van der Waals surface area (Å²) >= 11 is 0. The SMILES string of the molecule is COc1ccc(-c2cc(C(=O)O)no2)cc1OC1CN(C)C1. The number of carboxylic acids is 1. The Bertz CT molecular complexity index is 691. The molecule has 0 amide bonds. The second-order valence-electron chi connectivity index (χ2n) is 5.21. The van der Waals surface area contributed by atoms with Crippen molar-refractivity contribution in [2.45, 2.75) is 6.10 Å². The molecule has 1 aliphatic heterocycles. The summed E-state index contributed by atoms with van der Waals surface area (Å²) in [6, 6.07) is 6.68. The first-order valence-corrected chi connectivity index (χ1v) is 6.80. The van der Waals surface area contributed by atoms with Crippen LogP contribution in [0.4, 0.5) is 0 Å². The molecule has 2 aromatic rings. The van der Waals surface area contributed by atoms with Crippen LogP contribution >= 0.6 is 0 Å². The van der Waals surface area contributed by atoms with Gasteiger partial charge in [0.15, 0.2) is 23.0 Å². The van der Waals surface area contributed by atoms with Gasteiger partial charge in [-0.15, -0.1) is 0 Å². The summed E-state index contributed by atoms with van der Waals surface area (Å²) in [4.78, 5) is 13.0. The summed E-state index contributed by atoms with van der Waals surface area (Å²) in [5, 5.41) is 12.4. The maximum Gasteiger partial charge on any atom is 0.358 e. The summed E-state index contributed by atoms with van der Waals surface area (Å²) in [5.41, 5.74) is 0.553. The molecular formula is C15H16N2O5. The highest BCUT2D eigenvalue weighted by Crippen LogP contribution is 2.34. The van der Waals surface area contributed by atoms with Crippen molar-refractivity contribution in [1.29, 1.82) is 0 Å². The van der Waals surface area contributed by atoms with E-state index in [0.29, 0.717) is 22.8 Å². The molecule has 3 rings (SSSR count). The topological polar surface area (TPSA) is 85.0 Å². The quantitative estimate of drug-likeness (QED) is 0.900. The summed E-state index contributed by atoms with van der Waals surface area (Å²) in [6.45, 7) is 1.72. The van der Waals surface area contributed by atoms with E-state index < -0.39 is 5.97 Å². The second-order valence-corrected chi connectivity index (χ2v) is 5.21. The van der Waals surface area contributed by atoms with Gasteiger partial charge in [0.2, 0.25) is 0 Å². The zero-order chi connectivity index (χ0) is 15.7. The summed E-state index contributed by atoms with van der Waals surface area (Å²) in [7, 11) is 3.60. The Hall–Kier alpha value is -2.54. The van der Waals surface area contributed by atoms with Crippen molar-refractivity contribution >= 4 is 5.97 Å². The smallest absolute Gasteiger partial charge is 0.358 e. The van der Waals surface area contributed by atoms with Gasteiger partial charge in [-0.25, -0.2) is 4.79 Å². The van der Waals surface area contributed by atoms with E-state index in [1.807, 2.05) is 7.05 Å². The Balaban J connectivity index is 1.86. The molecule has 1 N–H and O–H groups in total. The van der Waals surface area contributed by atoms with Gasteiger partial charge in [0, 0.05) is 24.7 Å². The van der Waals surface area contributed by atoms with Crippen molar-refractivity contribution in [1.82, 2.24) is 10.1 Å². The van der Waals surface area contributed by atoms with E-state index in [9.17, 15) is 4.79 Å². The molecule has 2 heterocycles. The van der Waals surface area contributed by atoms with Gasteiger partial charge in [-0.1, -0.05) is 5.16 Å². The fraction of sp³-hybridized carbons (Fsp3) is 0.333. The van der Waals surface area contributed by atoms with Crippen LogP contribution in [0.2, 0.25) is 0 Å². The largest absolute Gasteiger partial charge is 0.493 e. The molecule has 116 valence electrons. The molecule has 0 atom stereocenters. The molecule has 1 aliphatic rings. The monoisotopic (exact) mass is 304 g/mol. The van der Waals surface area contributed by atoms with Crippen molar-refractivity contribution in [3.8, 4) is 22.8 Å². The fourth-order valence-corrected chi connectivity index (χ4v) is 2.33. The highest BCUT2D eigenvalue weighted by Gasteiger charge is 2.26. The van der Waals surface area contributed by atoms with Gasteiger partial charge in [0.1, 0.15) is 6.10 Å². The number of aromatic carboxylic acids is 1. The molecule has 0 bridgehead atoms. The maximum absolute atomic E-state index is 10.9. The molecule has 7 heteroatoms. The average Bonchev–Trinajstić information content (AvgIpc) is 2.95. The number of ether oxygens (including phenoxy) is 2. The number of likely N-dealkylation sites (tertiary alicyclic amines) is 1. The van der Waals surface area contributed by atoms with Crippen LogP contribution < -0.4 is 9.47 Å². The van der Waals surface area contributed by atoms with Crippen LogP contribution in [0.3, 0.4) is 0 Å². The van der Waals surface area contributed by atoms with Crippen LogP contribution in [0.15, 0.2) is 28.8 Å². The van der Waals surface area contributed by atoms with E-state index in [1.54, 1.807) is 25.3 Å². The minimum absolute atomic E-state index is 0.124. The number of carboxylic acid groups (broad SMARTS) is 1. The van der Waals surface area contributed by atoms with E-state index in [2.05, 4.69) is 10.1 Å².